The molecule has 0 atom stereocenters. The van der Waals surface area contributed by atoms with E-state index in [4.69, 9.17) is 4.74 Å². The fraction of sp³-hybridized carbons (Fsp3) is 0.222. The monoisotopic (exact) mass is 377 g/mol. The zero-order valence-electron chi connectivity index (χ0n) is 14.2. The van der Waals surface area contributed by atoms with E-state index in [1.54, 1.807) is 13.4 Å². The van der Waals surface area contributed by atoms with Crippen LogP contribution in [0.25, 0.3) is 10.9 Å². The van der Waals surface area contributed by atoms with Crippen LogP contribution < -0.4 is 68.2 Å². The van der Waals surface area contributed by atoms with Crippen LogP contribution in [0.3, 0.4) is 0 Å². The first-order valence-corrected chi connectivity index (χ1v) is 7.14. The topological polar surface area (TPSA) is 47.0 Å². The van der Waals surface area contributed by atoms with Gasteiger partial charge in [0.05, 0.1) is 12.6 Å². The Hall–Kier alpha value is -0.815. The predicted molar refractivity (Wildman–Crippen MR) is 88.9 cm³/mol. The fourth-order valence-electron chi connectivity index (χ4n) is 2.38. The summed E-state index contributed by atoms with van der Waals surface area (Å²) >= 11 is 0. The minimum atomic E-state index is 0. The number of rotatable bonds is 3. The minimum Gasteiger partial charge on any atom is -0.522 e. The molecule has 0 unspecified atom stereocenters. The molecule has 0 aliphatic heterocycles. The van der Waals surface area contributed by atoms with Crippen LogP contribution in [0, 0.1) is 26.8 Å². The third-order valence-electron chi connectivity index (χ3n) is 3.83. The molecule has 4 nitrogen and oxygen atoms in total. The molecule has 0 bridgehead atoms. The number of benzene rings is 2. The summed E-state index contributed by atoms with van der Waals surface area (Å²) in [6.07, 6.45) is 1.57. The summed E-state index contributed by atoms with van der Waals surface area (Å²) in [7, 11) is 1.67. The Morgan fingerprint density at radius 2 is 1.74 bits per heavy atom. The normalized spacial score (nSPS) is 10.3. The van der Waals surface area contributed by atoms with Crippen LogP contribution in [0.4, 0.5) is 11.5 Å². The van der Waals surface area contributed by atoms with Crippen molar-refractivity contribution >= 4 is 22.4 Å². The first kappa shape index (κ1) is 18.5. The van der Waals surface area contributed by atoms with Gasteiger partial charge in [-0.05, 0) is 37.1 Å². The van der Waals surface area contributed by atoms with Gasteiger partial charge in [-0.15, -0.1) is 11.6 Å². The second-order valence-corrected chi connectivity index (χ2v) is 5.40. The van der Waals surface area contributed by atoms with Crippen LogP contribution in [0.1, 0.15) is 16.7 Å². The van der Waals surface area contributed by atoms with Gasteiger partial charge in [0.15, 0.2) is 0 Å². The zero-order valence-corrected chi connectivity index (χ0v) is 19.1. The van der Waals surface area contributed by atoms with E-state index in [2.05, 4.69) is 47.3 Å². The second-order valence-electron chi connectivity index (χ2n) is 5.40. The molecular formula is C18H18N3ORb. The molecule has 0 aliphatic carbocycles. The molecular weight excluding hydrogens is 360 g/mol. The average Bonchev–Trinajstić information content (AvgIpc) is 2.51. The molecule has 5 heteroatoms. The Morgan fingerprint density at radius 1 is 1.00 bits per heavy atom. The van der Waals surface area contributed by atoms with Crippen molar-refractivity contribution in [3.63, 3.8) is 0 Å². The molecule has 0 spiro atoms. The van der Waals surface area contributed by atoms with Gasteiger partial charge in [-0.1, -0.05) is 12.6 Å². The SMILES string of the molecule is COc1cc(Nc2ncnc3cc(C)c(C)cc23)[c-]cc1C.[Rb+]. The first-order valence-electron chi connectivity index (χ1n) is 7.14. The largest absolute Gasteiger partial charge is 1.00 e. The molecule has 0 saturated heterocycles. The second kappa shape index (κ2) is 7.84. The van der Waals surface area contributed by atoms with E-state index in [0.717, 1.165) is 33.7 Å². The van der Waals surface area contributed by atoms with Crippen molar-refractivity contribution < 1.29 is 62.9 Å². The molecule has 0 radical (unpaired) electrons. The Bertz CT molecular complexity index is 849. The first-order chi connectivity index (χ1) is 10.6. The van der Waals surface area contributed by atoms with Crippen LogP contribution in [0.5, 0.6) is 5.75 Å². The van der Waals surface area contributed by atoms with Crippen molar-refractivity contribution in [2.45, 2.75) is 20.8 Å². The minimum absolute atomic E-state index is 0. The number of ether oxygens (including phenoxy) is 1. The van der Waals surface area contributed by atoms with Crippen LogP contribution >= 0.6 is 0 Å². The molecule has 3 aromatic rings. The van der Waals surface area contributed by atoms with Crippen molar-refractivity contribution in [2.24, 2.45) is 0 Å². The Kier molecular flexibility index (Phi) is 6.31. The van der Waals surface area contributed by atoms with Gasteiger partial charge < -0.3 is 10.1 Å². The number of fused-ring (bicyclic) bond motifs is 1. The number of hydrogen-bond acceptors (Lipinski definition) is 4. The third-order valence-corrected chi connectivity index (χ3v) is 3.83. The molecule has 112 valence electrons. The van der Waals surface area contributed by atoms with Crippen LogP contribution in [0.2, 0.25) is 0 Å². The molecule has 0 saturated carbocycles. The predicted octanol–water partition coefficient (Wildman–Crippen LogP) is 1.11. The van der Waals surface area contributed by atoms with Crippen molar-refractivity contribution in [1.29, 1.82) is 0 Å². The van der Waals surface area contributed by atoms with Gasteiger partial charge in [0.2, 0.25) is 0 Å². The van der Waals surface area contributed by atoms with Crippen molar-refractivity contribution in [2.75, 3.05) is 12.4 Å². The van der Waals surface area contributed by atoms with E-state index in [0.29, 0.717) is 0 Å². The molecule has 1 aromatic heterocycles. The van der Waals surface area contributed by atoms with Crippen molar-refractivity contribution in [3.05, 3.63) is 53.3 Å². The summed E-state index contributed by atoms with van der Waals surface area (Å²) in [5.74, 6) is 1.60. The maximum Gasteiger partial charge on any atom is 1.00 e. The van der Waals surface area contributed by atoms with Gasteiger partial charge in [-0.3, -0.25) is 0 Å². The fourth-order valence-corrected chi connectivity index (χ4v) is 2.38. The van der Waals surface area contributed by atoms with E-state index in [1.807, 2.05) is 19.1 Å². The summed E-state index contributed by atoms with van der Waals surface area (Å²) in [5, 5.41) is 4.31. The van der Waals surface area contributed by atoms with Crippen LogP contribution in [0.15, 0.2) is 30.6 Å². The molecule has 1 N–H and O–H groups in total. The molecule has 0 amide bonds. The van der Waals surface area contributed by atoms with Crippen molar-refractivity contribution in [1.82, 2.24) is 9.97 Å². The number of methoxy groups -OCH3 is 1. The van der Waals surface area contributed by atoms with E-state index >= 15 is 0 Å². The molecule has 1 heterocycles. The van der Waals surface area contributed by atoms with Gasteiger partial charge in [0, 0.05) is 11.1 Å². The number of aryl methyl sites for hydroxylation is 3. The van der Waals surface area contributed by atoms with Gasteiger partial charge in [0.1, 0.15) is 12.1 Å². The van der Waals surface area contributed by atoms with Gasteiger partial charge in [0.25, 0.3) is 0 Å². The van der Waals surface area contributed by atoms with E-state index in [1.165, 1.54) is 11.1 Å². The molecule has 23 heavy (non-hydrogen) atoms. The summed E-state index contributed by atoms with van der Waals surface area (Å²) in [6.45, 7) is 6.17. The van der Waals surface area contributed by atoms with Gasteiger partial charge in [-0.2, -0.15) is 12.1 Å². The van der Waals surface area contributed by atoms with E-state index in [-0.39, 0.29) is 58.2 Å². The summed E-state index contributed by atoms with van der Waals surface area (Å²) < 4.78 is 5.35. The van der Waals surface area contributed by atoms with Gasteiger partial charge >= 0.3 is 58.2 Å². The molecule has 2 aromatic carbocycles. The third kappa shape index (κ3) is 3.99. The number of aromatic nitrogens is 2. The molecule has 3 rings (SSSR count). The van der Waals surface area contributed by atoms with Gasteiger partial charge in [-0.25, -0.2) is 9.97 Å². The smallest absolute Gasteiger partial charge is 0.522 e. The average molecular weight is 378 g/mol. The Labute approximate surface area is 185 Å². The quantitative estimate of drug-likeness (QED) is 0.695. The van der Waals surface area contributed by atoms with E-state index in [9.17, 15) is 0 Å². The number of hydrogen-bond donors (Lipinski definition) is 1. The Morgan fingerprint density at radius 3 is 2.48 bits per heavy atom. The zero-order chi connectivity index (χ0) is 15.7. The Balaban J connectivity index is 0.00000192. The summed E-state index contributed by atoms with van der Waals surface area (Å²) in [6, 6.07) is 11.2. The van der Waals surface area contributed by atoms with E-state index < -0.39 is 0 Å². The molecule has 0 aliphatic rings. The maximum atomic E-state index is 5.35. The number of nitrogens with zero attached hydrogens (tertiary/aromatic N) is 2. The standard InChI is InChI=1S/C18H18N3O.Rb/c1-11-5-6-14(9-17(11)22-4)21-18-15-7-12(2)13(3)8-16(15)19-10-20-18;/h5,7-10H,1-4H3,(H,19,20,21);/q-1;+1. The maximum absolute atomic E-state index is 5.35. The van der Waals surface area contributed by atoms with Crippen LogP contribution in [-0.4, -0.2) is 17.1 Å². The van der Waals surface area contributed by atoms with Crippen LogP contribution in [-0.2, 0) is 0 Å². The molecule has 0 fully saturated rings. The summed E-state index contributed by atoms with van der Waals surface area (Å²) in [4.78, 5) is 8.72. The number of nitrogens with one attached hydrogen (secondary N) is 1. The summed E-state index contributed by atoms with van der Waals surface area (Å²) in [5.41, 5.74) is 5.24. The number of anilines is 2. The van der Waals surface area contributed by atoms with Crippen molar-refractivity contribution in [3.8, 4) is 5.75 Å².